The van der Waals surface area contributed by atoms with E-state index in [-0.39, 0.29) is 24.4 Å². The van der Waals surface area contributed by atoms with Crippen LogP contribution in [0.25, 0.3) is 0 Å². The maximum Gasteiger partial charge on any atom is 0.453 e. The van der Waals surface area contributed by atoms with Gasteiger partial charge < -0.3 is 31.7 Å². The lowest BCUT2D eigenvalue weighted by Crippen LogP contribution is -3.00. The molecule has 0 bridgehead atoms. The van der Waals surface area contributed by atoms with E-state index in [1.165, 1.54) is 0 Å². The monoisotopic (exact) mass is 436 g/mol. The average Bonchev–Trinajstić information content (AvgIpc) is 3.41. The first-order chi connectivity index (χ1) is 13.7. The SMILES string of the molecule is O=C([C@@H]1CCC[NH2+]1)N1CCC[C@H]1P(=O)(Oc1ccccc1)Oc1ccccc1.[Cl-]. The highest BCUT2D eigenvalue weighted by molar-refractivity contribution is 7.55. The Bertz CT molecular complexity index is 801. The minimum absolute atomic E-state index is 0. The Balaban J connectivity index is 0.00000240. The first kappa shape index (κ1) is 21.7. The molecule has 2 aromatic rings. The zero-order chi connectivity index (χ0) is 19.4. The number of quaternary nitrogens is 1. The second-order valence-electron chi connectivity index (χ2n) is 7.28. The number of hydrogen-bond acceptors (Lipinski definition) is 4. The Kier molecular flexibility index (Phi) is 7.23. The van der Waals surface area contributed by atoms with Gasteiger partial charge in [-0.05, 0) is 37.1 Å². The van der Waals surface area contributed by atoms with Crippen molar-refractivity contribution < 1.29 is 36.1 Å². The lowest BCUT2D eigenvalue weighted by Gasteiger charge is -2.31. The van der Waals surface area contributed by atoms with E-state index >= 15 is 0 Å². The molecule has 29 heavy (non-hydrogen) atoms. The lowest BCUT2D eigenvalue weighted by molar-refractivity contribution is -0.658. The standard InChI is InChI=1S/C21H25N2O4P.ClH/c24-21(19-13-7-15-22-19)23-16-8-14-20(23)28(25,26-17-9-3-1-4-10-17)27-18-11-5-2-6-12-18;/h1-6,9-12,19-20,22H,7-8,13-16H2;1H/t19-,20+;/m0./s1. The molecule has 2 aromatic carbocycles. The highest BCUT2D eigenvalue weighted by Crippen LogP contribution is 2.57. The molecule has 156 valence electrons. The molecule has 0 aromatic heterocycles. The van der Waals surface area contributed by atoms with Crippen molar-refractivity contribution >= 4 is 13.5 Å². The van der Waals surface area contributed by atoms with Crippen LogP contribution >= 0.6 is 7.60 Å². The third kappa shape index (κ3) is 4.95. The molecule has 1 amide bonds. The first-order valence-corrected chi connectivity index (χ1v) is 11.5. The van der Waals surface area contributed by atoms with Crippen molar-refractivity contribution in [2.24, 2.45) is 0 Å². The van der Waals surface area contributed by atoms with Gasteiger partial charge in [0.15, 0.2) is 11.8 Å². The normalized spacial score (nSPS) is 21.4. The smallest absolute Gasteiger partial charge is 0.453 e. The number of carbonyl (C=O) groups is 1. The number of halogens is 1. The number of nitrogens with two attached hydrogens (primary N) is 1. The van der Waals surface area contributed by atoms with E-state index in [9.17, 15) is 9.36 Å². The highest BCUT2D eigenvalue weighted by atomic mass is 35.5. The largest absolute Gasteiger partial charge is 1.00 e. The zero-order valence-corrected chi connectivity index (χ0v) is 17.8. The molecule has 2 atom stereocenters. The van der Waals surface area contributed by atoms with Gasteiger partial charge in [0.2, 0.25) is 0 Å². The zero-order valence-electron chi connectivity index (χ0n) is 16.2. The predicted molar refractivity (Wildman–Crippen MR) is 106 cm³/mol. The van der Waals surface area contributed by atoms with Crippen LogP contribution in [0.3, 0.4) is 0 Å². The van der Waals surface area contributed by atoms with Crippen molar-refractivity contribution in [1.29, 1.82) is 0 Å². The molecule has 2 aliphatic rings. The second kappa shape index (κ2) is 9.66. The summed E-state index contributed by atoms with van der Waals surface area (Å²) in [5, 5.41) is 2.08. The van der Waals surface area contributed by atoms with Crippen molar-refractivity contribution in [1.82, 2.24) is 4.90 Å². The molecular formula is C21H26ClN2O4P. The van der Waals surface area contributed by atoms with Crippen molar-refractivity contribution in [3.05, 3.63) is 60.7 Å². The molecule has 8 heteroatoms. The maximum absolute atomic E-state index is 14.0. The molecule has 0 aliphatic carbocycles. The Hall–Kier alpha value is -2.01. The number of benzene rings is 2. The highest BCUT2D eigenvalue weighted by Gasteiger charge is 2.49. The summed E-state index contributed by atoms with van der Waals surface area (Å²) >= 11 is 0. The number of carbonyl (C=O) groups excluding carboxylic acids is 1. The number of likely N-dealkylation sites (tertiary alicyclic amines) is 1. The summed E-state index contributed by atoms with van der Waals surface area (Å²) in [6.45, 7) is 1.56. The summed E-state index contributed by atoms with van der Waals surface area (Å²) in [6, 6.07) is 18.0. The van der Waals surface area contributed by atoms with Gasteiger partial charge in [0.05, 0.1) is 6.54 Å². The van der Waals surface area contributed by atoms with Crippen LogP contribution < -0.4 is 26.8 Å². The van der Waals surface area contributed by atoms with Gasteiger partial charge in [0.1, 0.15) is 11.5 Å². The van der Waals surface area contributed by atoms with Crippen LogP contribution in [0.1, 0.15) is 25.7 Å². The van der Waals surface area contributed by atoms with Gasteiger partial charge in [0, 0.05) is 19.4 Å². The van der Waals surface area contributed by atoms with Crippen molar-refractivity contribution in [2.75, 3.05) is 13.1 Å². The van der Waals surface area contributed by atoms with Gasteiger partial charge >= 0.3 is 7.60 Å². The van der Waals surface area contributed by atoms with E-state index in [1.54, 1.807) is 29.2 Å². The summed E-state index contributed by atoms with van der Waals surface area (Å²) in [5.41, 5.74) is 0. The number of para-hydroxylation sites is 2. The lowest BCUT2D eigenvalue weighted by atomic mass is 10.2. The third-order valence-corrected chi connectivity index (χ3v) is 7.51. The topological polar surface area (TPSA) is 72.5 Å². The molecular weight excluding hydrogens is 411 g/mol. The second-order valence-corrected chi connectivity index (χ2v) is 9.32. The van der Waals surface area contributed by atoms with Crippen molar-refractivity contribution in [3.8, 4) is 11.5 Å². The summed E-state index contributed by atoms with van der Waals surface area (Å²) in [5.74, 6) is 0.435. The Morgan fingerprint density at radius 3 is 2.03 bits per heavy atom. The summed E-state index contributed by atoms with van der Waals surface area (Å²) < 4.78 is 26.0. The fourth-order valence-electron chi connectivity index (χ4n) is 3.94. The number of amides is 1. The van der Waals surface area contributed by atoms with E-state index in [4.69, 9.17) is 9.05 Å². The molecule has 2 fully saturated rings. The van der Waals surface area contributed by atoms with Gasteiger partial charge in [0.25, 0.3) is 5.91 Å². The van der Waals surface area contributed by atoms with Crippen LogP contribution in [0, 0.1) is 0 Å². The van der Waals surface area contributed by atoms with E-state index in [0.29, 0.717) is 24.5 Å². The molecule has 2 N–H and O–H groups in total. The molecule has 0 unspecified atom stereocenters. The van der Waals surface area contributed by atoms with E-state index in [0.717, 1.165) is 25.8 Å². The third-order valence-electron chi connectivity index (χ3n) is 5.31. The number of rotatable bonds is 6. The minimum Gasteiger partial charge on any atom is -1.00 e. The number of hydrogen-bond donors (Lipinski definition) is 1. The van der Waals surface area contributed by atoms with Gasteiger partial charge in [-0.2, -0.15) is 0 Å². The summed E-state index contributed by atoms with van der Waals surface area (Å²) in [6.07, 6.45) is 3.30. The number of nitrogens with zero attached hydrogens (tertiary/aromatic N) is 1. The fraction of sp³-hybridized carbons (Fsp3) is 0.381. The van der Waals surface area contributed by atoms with Gasteiger partial charge in [-0.25, -0.2) is 4.57 Å². The summed E-state index contributed by atoms with van der Waals surface area (Å²) in [4.78, 5) is 14.8. The van der Waals surface area contributed by atoms with Crippen LogP contribution in [0.15, 0.2) is 60.7 Å². The molecule has 4 rings (SSSR count). The molecule has 0 radical (unpaired) electrons. The van der Waals surface area contributed by atoms with Crippen LogP contribution in [0.2, 0.25) is 0 Å². The summed E-state index contributed by atoms with van der Waals surface area (Å²) in [7, 11) is -3.67. The van der Waals surface area contributed by atoms with Crippen molar-refractivity contribution in [3.63, 3.8) is 0 Å². The van der Waals surface area contributed by atoms with Crippen LogP contribution in [-0.2, 0) is 9.36 Å². The minimum atomic E-state index is -3.67. The molecule has 2 aliphatic heterocycles. The van der Waals surface area contributed by atoms with E-state index in [2.05, 4.69) is 5.32 Å². The van der Waals surface area contributed by atoms with E-state index in [1.807, 2.05) is 36.4 Å². The Labute approximate surface area is 177 Å². The maximum atomic E-state index is 14.0. The molecule has 2 saturated heterocycles. The van der Waals surface area contributed by atoms with Gasteiger partial charge in [-0.1, -0.05) is 36.4 Å². The van der Waals surface area contributed by atoms with Crippen LogP contribution in [-0.4, -0.2) is 35.7 Å². The predicted octanol–water partition coefficient (Wildman–Crippen LogP) is 0.0158. The van der Waals surface area contributed by atoms with Gasteiger partial charge in [-0.3, -0.25) is 4.79 Å². The van der Waals surface area contributed by atoms with Gasteiger partial charge in [-0.15, -0.1) is 0 Å². The molecule has 6 nitrogen and oxygen atoms in total. The van der Waals surface area contributed by atoms with E-state index < -0.39 is 13.4 Å². The van der Waals surface area contributed by atoms with Crippen LogP contribution in [0.4, 0.5) is 0 Å². The fourth-order valence-corrected chi connectivity index (χ4v) is 6.13. The quantitative estimate of drug-likeness (QED) is 0.648. The molecule has 0 spiro atoms. The Morgan fingerprint density at radius 1 is 0.931 bits per heavy atom. The van der Waals surface area contributed by atoms with Crippen molar-refractivity contribution in [2.45, 2.75) is 37.5 Å². The average molecular weight is 437 g/mol. The Morgan fingerprint density at radius 2 is 1.52 bits per heavy atom. The molecule has 2 heterocycles. The van der Waals surface area contributed by atoms with Crippen LogP contribution in [0.5, 0.6) is 11.5 Å². The molecule has 0 saturated carbocycles. The first-order valence-electron chi connectivity index (χ1n) is 9.88.